The van der Waals surface area contributed by atoms with Crippen molar-refractivity contribution in [3.63, 3.8) is 0 Å². The highest BCUT2D eigenvalue weighted by Gasteiger charge is 2.32. The van der Waals surface area contributed by atoms with Gasteiger partial charge in [-0.05, 0) is 18.9 Å². The smallest absolute Gasteiger partial charge is 0.292 e. The van der Waals surface area contributed by atoms with Gasteiger partial charge in [0.05, 0.1) is 0 Å². The Morgan fingerprint density at radius 2 is 2.12 bits per heavy atom. The molecule has 3 nitrogen and oxygen atoms in total. The molecule has 0 aromatic heterocycles. The monoisotopic (exact) mass is 237 g/mol. The second-order valence-corrected chi connectivity index (χ2v) is 6.12. The van der Waals surface area contributed by atoms with E-state index < -0.39 is 7.52 Å². The van der Waals surface area contributed by atoms with Crippen molar-refractivity contribution < 1.29 is 9.46 Å². The van der Waals surface area contributed by atoms with Gasteiger partial charge in [-0.25, -0.2) is 4.67 Å². The summed E-state index contributed by atoms with van der Waals surface area (Å²) in [5.41, 5.74) is 1.20. The molecule has 2 unspecified atom stereocenters. The van der Waals surface area contributed by atoms with E-state index in [1.807, 2.05) is 37.3 Å². The van der Waals surface area contributed by atoms with Gasteiger partial charge in [-0.15, -0.1) is 0 Å². The highest BCUT2D eigenvalue weighted by molar-refractivity contribution is 7.59. The van der Waals surface area contributed by atoms with E-state index in [9.17, 15) is 9.46 Å². The molecule has 0 bridgehead atoms. The molecule has 1 N–H and O–H groups in total. The van der Waals surface area contributed by atoms with Crippen molar-refractivity contribution in [2.45, 2.75) is 19.4 Å². The minimum atomic E-state index is -3.19. The van der Waals surface area contributed by atoms with E-state index in [4.69, 9.17) is 0 Å². The second-order valence-electron chi connectivity index (χ2n) is 4.13. The third-order valence-corrected chi connectivity index (χ3v) is 4.74. The van der Waals surface area contributed by atoms with Gasteiger partial charge in [-0.3, -0.25) is 4.57 Å². The zero-order chi connectivity index (χ0) is 11.6. The lowest BCUT2D eigenvalue weighted by Gasteiger charge is -2.26. The lowest BCUT2D eigenvalue weighted by atomic mass is 10.1. The molecule has 0 radical (unpaired) electrons. The third kappa shape index (κ3) is 2.43. The summed E-state index contributed by atoms with van der Waals surface area (Å²) >= 11 is 0. The molecule has 0 aliphatic carbocycles. The van der Waals surface area contributed by atoms with Crippen LogP contribution >= 0.6 is 7.52 Å². The first kappa shape index (κ1) is 11.6. The van der Waals surface area contributed by atoms with Crippen LogP contribution in [0.4, 0.5) is 0 Å². The maximum atomic E-state index is 11.8. The Morgan fingerprint density at radius 3 is 2.69 bits per heavy atom. The SMILES string of the molecule is CC(Cc1ccccc1)N1CC=CP1(=O)O. The zero-order valence-corrected chi connectivity index (χ0v) is 10.2. The topological polar surface area (TPSA) is 40.5 Å². The van der Waals surface area contributed by atoms with E-state index in [0.29, 0.717) is 6.54 Å². The maximum Gasteiger partial charge on any atom is 0.292 e. The van der Waals surface area contributed by atoms with E-state index in [2.05, 4.69) is 0 Å². The molecule has 86 valence electrons. The summed E-state index contributed by atoms with van der Waals surface area (Å²) in [7, 11) is -3.19. The first-order chi connectivity index (χ1) is 7.59. The number of rotatable bonds is 3. The summed E-state index contributed by atoms with van der Waals surface area (Å²) in [6.07, 6.45) is 2.56. The Morgan fingerprint density at radius 1 is 1.44 bits per heavy atom. The van der Waals surface area contributed by atoms with Crippen LogP contribution in [0.3, 0.4) is 0 Å². The predicted octanol–water partition coefficient (Wildman–Crippen LogP) is 2.63. The molecular weight excluding hydrogens is 221 g/mol. The molecule has 16 heavy (non-hydrogen) atoms. The Bertz CT molecular complexity index is 430. The van der Waals surface area contributed by atoms with Gasteiger partial charge >= 0.3 is 0 Å². The van der Waals surface area contributed by atoms with Crippen LogP contribution in [0.15, 0.2) is 42.2 Å². The van der Waals surface area contributed by atoms with Crippen LogP contribution in [0.25, 0.3) is 0 Å². The minimum absolute atomic E-state index is 0.0771. The van der Waals surface area contributed by atoms with Crippen molar-refractivity contribution in [2.24, 2.45) is 0 Å². The molecular formula is C12H16NO2P. The van der Waals surface area contributed by atoms with Gasteiger partial charge in [0.1, 0.15) is 0 Å². The van der Waals surface area contributed by atoms with Gasteiger partial charge in [0.15, 0.2) is 0 Å². The van der Waals surface area contributed by atoms with Crippen molar-refractivity contribution in [1.29, 1.82) is 0 Å². The molecule has 1 heterocycles. The number of nitrogens with zero attached hydrogens (tertiary/aromatic N) is 1. The molecule has 2 rings (SSSR count). The number of hydrogen-bond donors (Lipinski definition) is 1. The first-order valence-corrected chi connectivity index (χ1v) is 7.09. The van der Waals surface area contributed by atoms with Crippen LogP contribution < -0.4 is 0 Å². The van der Waals surface area contributed by atoms with Crippen molar-refractivity contribution in [2.75, 3.05) is 6.54 Å². The Balaban J connectivity index is 2.05. The summed E-state index contributed by atoms with van der Waals surface area (Å²) in [5, 5.41) is 0. The summed E-state index contributed by atoms with van der Waals surface area (Å²) in [6.45, 7) is 2.56. The molecule has 0 spiro atoms. The summed E-state index contributed by atoms with van der Waals surface area (Å²) in [6, 6.07) is 10.1. The number of hydrogen-bond acceptors (Lipinski definition) is 1. The highest BCUT2D eigenvalue weighted by atomic mass is 31.2. The van der Waals surface area contributed by atoms with Gasteiger partial charge in [0, 0.05) is 18.4 Å². The molecule has 0 amide bonds. The Labute approximate surface area is 95.9 Å². The lowest BCUT2D eigenvalue weighted by Crippen LogP contribution is -2.29. The Hall–Kier alpha value is -0.890. The molecule has 1 aromatic rings. The Kier molecular flexibility index (Phi) is 3.29. The normalized spacial score (nSPS) is 27.1. The largest absolute Gasteiger partial charge is 0.330 e. The van der Waals surface area contributed by atoms with E-state index in [1.54, 1.807) is 10.7 Å². The predicted molar refractivity (Wildman–Crippen MR) is 65.3 cm³/mol. The van der Waals surface area contributed by atoms with E-state index >= 15 is 0 Å². The average Bonchev–Trinajstić information content (AvgIpc) is 2.59. The fourth-order valence-electron chi connectivity index (χ4n) is 2.02. The van der Waals surface area contributed by atoms with E-state index in [0.717, 1.165) is 6.42 Å². The molecule has 1 aliphatic heterocycles. The quantitative estimate of drug-likeness (QED) is 0.821. The van der Waals surface area contributed by atoms with Gasteiger partial charge in [-0.1, -0.05) is 36.4 Å². The second kappa shape index (κ2) is 4.54. The van der Waals surface area contributed by atoms with Crippen LogP contribution in [0.2, 0.25) is 0 Å². The van der Waals surface area contributed by atoms with Crippen LogP contribution in [-0.4, -0.2) is 22.2 Å². The zero-order valence-electron chi connectivity index (χ0n) is 9.28. The van der Waals surface area contributed by atoms with Gasteiger partial charge in [0.25, 0.3) is 7.52 Å². The van der Waals surface area contributed by atoms with Crippen molar-refractivity contribution in [3.8, 4) is 0 Å². The van der Waals surface area contributed by atoms with Crippen molar-refractivity contribution in [1.82, 2.24) is 4.67 Å². The summed E-state index contributed by atoms with van der Waals surface area (Å²) < 4.78 is 13.4. The van der Waals surface area contributed by atoms with Crippen molar-refractivity contribution in [3.05, 3.63) is 47.8 Å². The average molecular weight is 237 g/mol. The lowest BCUT2D eigenvalue weighted by molar-refractivity contribution is 0.324. The van der Waals surface area contributed by atoms with Crippen LogP contribution in [-0.2, 0) is 11.0 Å². The van der Waals surface area contributed by atoms with Gasteiger partial charge in [-0.2, -0.15) is 0 Å². The standard InChI is InChI=1S/C12H16NO2P/c1-11(10-12-6-3-2-4-7-12)13-8-5-9-16(13,14)15/h2-7,9,11H,8,10H2,1H3,(H,14,15). The van der Waals surface area contributed by atoms with Gasteiger partial charge in [0.2, 0.25) is 0 Å². The summed E-state index contributed by atoms with van der Waals surface area (Å²) in [5.74, 6) is 1.43. The molecule has 4 heteroatoms. The minimum Gasteiger partial charge on any atom is -0.330 e. The molecule has 0 saturated carbocycles. The van der Waals surface area contributed by atoms with Crippen LogP contribution in [0.5, 0.6) is 0 Å². The highest BCUT2D eigenvalue weighted by Crippen LogP contribution is 2.51. The maximum absolute atomic E-state index is 11.8. The fourth-order valence-corrected chi connectivity index (χ4v) is 3.53. The van der Waals surface area contributed by atoms with Crippen LogP contribution in [0, 0.1) is 0 Å². The molecule has 0 saturated heterocycles. The number of benzene rings is 1. The van der Waals surface area contributed by atoms with Crippen molar-refractivity contribution >= 4 is 7.52 Å². The van der Waals surface area contributed by atoms with E-state index in [-0.39, 0.29) is 6.04 Å². The van der Waals surface area contributed by atoms with Gasteiger partial charge < -0.3 is 4.89 Å². The fraction of sp³-hybridized carbons (Fsp3) is 0.333. The third-order valence-electron chi connectivity index (χ3n) is 2.84. The molecule has 2 atom stereocenters. The van der Waals surface area contributed by atoms with Crippen LogP contribution in [0.1, 0.15) is 12.5 Å². The first-order valence-electron chi connectivity index (χ1n) is 5.41. The summed E-state index contributed by atoms with van der Waals surface area (Å²) in [4.78, 5) is 9.70. The van der Waals surface area contributed by atoms with E-state index in [1.165, 1.54) is 11.4 Å². The molecule has 0 fully saturated rings. The molecule has 1 aliphatic rings. The molecule has 1 aromatic carbocycles.